The highest BCUT2D eigenvalue weighted by atomic mass is 16.3. The van der Waals surface area contributed by atoms with Gasteiger partial charge < -0.3 is 10.0 Å². The van der Waals surface area contributed by atoms with Gasteiger partial charge in [-0.05, 0) is 53.4 Å². The first-order valence-electron chi connectivity index (χ1n) is 14.0. The van der Waals surface area contributed by atoms with Crippen molar-refractivity contribution in [2.24, 2.45) is 0 Å². The van der Waals surface area contributed by atoms with E-state index in [1.54, 1.807) is 0 Å². The maximum absolute atomic E-state index is 11.8. The van der Waals surface area contributed by atoms with Crippen molar-refractivity contribution in [3.8, 4) is 0 Å². The number of likely N-dealkylation sites (tertiary alicyclic amines) is 1. The quantitative estimate of drug-likeness (QED) is 0.169. The normalized spacial score (nSPS) is 18.0. The number of hydrogen-bond donors (Lipinski definition) is 1. The van der Waals surface area contributed by atoms with Gasteiger partial charge in [-0.3, -0.25) is 0 Å². The van der Waals surface area contributed by atoms with Gasteiger partial charge in [-0.25, -0.2) is 4.79 Å². The smallest absolute Gasteiger partial charge is 0.145 e. The van der Waals surface area contributed by atoms with Crippen molar-refractivity contribution < 1.29 is 9.90 Å². The number of aliphatic hydroxyl groups is 1. The van der Waals surface area contributed by atoms with Crippen LogP contribution in [-0.4, -0.2) is 33.1 Å². The zero-order chi connectivity index (χ0) is 23.9. The summed E-state index contributed by atoms with van der Waals surface area (Å²) in [5, 5.41) is 10.2. The fourth-order valence-electron chi connectivity index (χ4n) is 6.01. The molecule has 3 nitrogen and oxygen atoms in total. The molecule has 0 aromatic carbocycles. The summed E-state index contributed by atoms with van der Waals surface area (Å²) in [5.41, 5.74) is 0.392. The van der Waals surface area contributed by atoms with Crippen molar-refractivity contribution in [1.29, 1.82) is 0 Å². The van der Waals surface area contributed by atoms with E-state index in [2.05, 4.69) is 45.5 Å². The van der Waals surface area contributed by atoms with Crippen LogP contribution in [-0.2, 0) is 4.79 Å². The zero-order valence-electron chi connectivity index (χ0n) is 22.3. The van der Waals surface area contributed by atoms with Crippen molar-refractivity contribution in [1.82, 2.24) is 4.90 Å². The van der Waals surface area contributed by atoms with Crippen LogP contribution in [0.2, 0.25) is 0 Å². The van der Waals surface area contributed by atoms with Gasteiger partial charge in [0, 0.05) is 11.1 Å². The number of rotatable bonds is 18. The average Bonchev–Trinajstić information content (AvgIpc) is 2.70. The molecule has 1 N–H and O–H groups in total. The summed E-state index contributed by atoms with van der Waals surface area (Å²) < 4.78 is 0. The summed E-state index contributed by atoms with van der Waals surface area (Å²) >= 11 is 0. The Morgan fingerprint density at radius 2 is 1.06 bits per heavy atom. The Hall–Kier alpha value is -0.790. The van der Waals surface area contributed by atoms with E-state index in [4.69, 9.17) is 0 Å². The molecule has 32 heavy (non-hydrogen) atoms. The SMILES string of the molecule is CCCCCCCCCCCCCCCCCCC(=C=O)N1C(C)(C)CC(O)CC1(C)C. The molecule has 188 valence electrons. The molecular weight excluding hydrogens is 394 g/mol. The molecule has 0 radical (unpaired) electrons. The molecule has 1 aliphatic heterocycles. The van der Waals surface area contributed by atoms with Crippen LogP contribution in [0.25, 0.3) is 0 Å². The fraction of sp³-hybridized carbons (Fsp3) is 0.931. The van der Waals surface area contributed by atoms with Crippen LogP contribution >= 0.6 is 0 Å². The topological polar surface area (TPSA) is 40.5 Å². The maximum Gasteiger partial charge on any atom is 0.145 e. The molecule has 1 fully saturated rings. The first kappa shape index (κ1) is 29.2. The summed E-state index contributed by atoms with van der Waals surface area (Å²) in [6.45, 7) is 10.8. The monoisotopic (exact) mass is 449 g/mol. The molecular formula is C29H55NO2. The number of piperidine rings is 1. The second-order valence-corrected chi connectivity index (χ2v) is 11.6. The van der Waals surface area contributed by atoms with E-state index < -0.39 is 0 Å². The van der Waals surface area contributed by atoms with Gasteiger partial charge in [0.1, 0.15) is 5.94 Å². The number of aliphatic hydroxyl groups excluding tert-OH is 1. The van der Waals surface area contributed by atoms with E-state index in [0.717, 1.165) is 18.5 Å². The van der Waals surface area contributed by atoms with Gasteiger partial charge in [0.05, 0.1) is 11.8 Å². The molecule has 1 aliphatic rings. The second-order valence-electron chi connectivity index (χ2n) is 11.6. The Morgan fingerprint density at radius 3 is 1.41 bits per heavy atom. The summed E-state index contributed by atoms with van der Waals surface area (Å²) in [4.78, 5) is 14.0. The molecule has 0 aromatic rings. The fourth-order valence-corrected chi connectivity index (χ4v) is 6.01. The minimum atomic E-state index is -0.292. The second kappa shape index (κ2) is 15.9. The first-order valence-corrected chi connectivity index (χ1v) is 14.0. The highest BCUT2D eigenvalue weighted by molar-refractivity contribution is 5.52. The molecule has 0 aromatic heterocycles. The number of unbranched alkanes of at least 4 members (excludes halogenated alkanes) is 15. The summed E-state index contributed by atoms with van der Waals surface area (Å²) in [7, 11) is 0. The Kier molecular flexibility index (Phi) is 14.6. The van der Waals surface area contributed by atoms with E-state index in [9.17, 15) is 9.90 Å². The van der Waals surface area contributed by atoms with Crippen LogP contribution < -0.4 is 0 Å². The minimum Gasteiger partial charge on any atom is -0.393 e. The molecule has 0 saturated carbocycles. The van der Waals surface area contributed by atoms with Crippen molar-refractivity contribution in [3.05, 3.63) is 5.70 Å². The average molecular weight is 450 g/mol. The Balaban J connectivity index is 2.07. The van der Waals surface area contributed by atoms with Gasteiger partial charge in [-0.2, -0.15) is 0 Å². The lowest BCUT2D eigenvalue weighted by Crippen LogP contribution is -2.61. The van der Waals surface area contributed by atoms with Gasteiger partial charge in [-0.15, -0.1) is 0 Å². The van der Waals surface area contributed by atoms with Crippen LogP contribution in [0, 0.1) is 0 Å². The van der Waals surface area contributed by atoms with E-state index >= 15 is 0 Å². The largest absolute Gasteiger partial charge is 0.393 e. The number of allylic oxidation sites excluding steroid dienone is 1. The van der Waals surface area contributed by atoms with E-state index in [1.807, 2.05) is 0 Å². The molecule has 0 bridgehead atoms. The molecule has 1 heterocycles. The third-order valence-corrected chi connectivity index (χ3v) is 7.34. The molecule has 0 spiro atoms. The first-order chi connectivity index (χ1) is 15.2. The van der Waals surface area contributed by atoms with Crippen molar-refractivity contribution in [2.45, 2.75) is 174 Å². The molecule has 0 amide bonds. The number of carbonyl (C=O) groups excluding carboxylic acids is 1. The Bertz CT molecular complexity index is 515. The lowest BCUT2D eigenvalue weighted by Gasteiger charge is -2.55. The van der Waals surface area contributed by atoms with Crippen LogP contribution in [0.5, 0.6) is 0 Å². The highest BCUT2D eigenvalue weighted by Gasteiger charge is 2.45. The number of hydrogen-bond acceptors (Lipinski definition) is 3. The van der Waals surface area contributed by atoms with Gasteiger partial charge in [0.2, 0.25) is 0 Å². The van der Waals surface area contributed by atoms with E-state index in [-0.39, 0.29) is 17.2 Å². The Morgan fingerprint density at radius 1 is 0.719 bits per heavy atom. The number of nitrogens with zero attached hydrogens (tertiary/aromatic N) is 1. The maximum atomic E-state index is 11.8. The Labute approximate surface area is 200 Å². The van der Waals surface area contributed by atoms with Gasteiger partial charge >= 0.3 is 0 Å². The molecule has 1 rings (SSSR count). The van der Waals surface area contributed by atoms with E-state index in [1.165, 1.54) is 96.3 Å². The predicted octanol–water partition coefficient (Wildman–Crippen LogP) is 8.37. The highest BCUT2D eigenvalue weighted by Crippen LogP contribution is 2.41. The van der Waals surface area contributed by atoms with Crippen molar-refractivity contribution in [3.63, 3.8) is 0 Å². The third-order valence-electron chi connectivity index (χ3n) is 7.34. The lowest BCUT2D eigenvalue weighted by molar-refractivity contribution is -0.0595. The van der Waals surface area contributed by atoms with Gasteiger partial charge in [0.15, 0.2) is 0 Å². The standard InChI is InChI=1S/C29H55NO2/c1-6-7-8-9-10-11-12-13-14-15-16-17-18-19-20-21-22-26(25-31)30-28(2,3)23-27(32)24-29(30,4)5/h27,32H,6-24H2,1-5H3. The zero-order valence-corrected chi connectivity index (χ0v) is 22.3. The van der Waals surface area contributed by atoms with Crippen LogP contribution in [0.4, 0.5) is 0 Å². The molecule has 1 saturated heterocycles. The summed E-state index contributed by atoms with van der Waals surface area (Å²) in [5.74, 6) is 2.26. The van der Waals surface area contributed by atoms with Crippen molar-refractivity contribution in [2.75, 3.05) is 0 Å². The minimum absolute atomic E-state index is 0.205. The molecule has 0 unspecified atom stereocenters. The van der Waals surface area contributed by atoms with Gasteiger partial charge in [0.25, 0.3) is 0 Å². The van der Waals surface area contributed by atoms with Crippen LogP contribution in [0.3, 0.4) is 0 Å². The lowest BCUT2D eigenvalue weighted by atomic mass is 9.77. The van der Waals surface area contributed by atoms with Gasteiger partial charge in [-0.1, -0.05) is 103 Å². The third kappa shape index (κ3) is 11.4. The van der Waals surface area contributed by atoms with Crippen LogP contribution in [0.1, 0.15) is 157 Å². The summed E-state index contributed by atoms with van der Waals surface area (Å²) in [6.07, 6.45) is 23.7. The van der Waals surface area contributed by atoms with Crippen LogP contribution in [0.15, 0.2) is 5.70 Å². The summed E-state index contributed by atoms with van der Waals surface area (Å²) in [6, 6.07) is 0. The predicted molar refractivity (Wildman–Crippen MR) is 139 cm³/mol. The molecule has 3 heteroatoms. The van der Waals surface area contributed by atoms with E-state index in [0.29, 0.717) is 12.8 Å². The van der Waals surface area contributed by atoms with Crippen molar-refractivity contribution >= 4 is 5.94 Å². The molecule has 0 aliphatic carbocycles. The molecule has 0 atom stereocenters.